The van der Waals surface area contributed by atoms with Crippen LogP contribution in [-0.2, 0) is 0 Å². The molecule has 1 aromatic rings. The second-order valence-electron chi connectivity index (χ2n) is 6.43. The molecule has 1 saturated heterocycles. The van der Waals surface area contributed by atoms with Gasteiger partial charge in [0.2, 0.25) is 0 Å². The molecule has 0 spiro atoms. The minimum atomic E-state index is 0.614. The Balaban J connectivity index is 1.66. The molecule has 3 heterocycles. The van der Waals surface area contributed by atoms with Crippen LogP contribution in [0, 0.1) is 0 Å². The smallest absolute Gasteiger partial charge is 0.161 e. The van der Waals surface area contributed by atoms with Crippen molar-refractivity contribution < 1.29 is 9.47 Å². The fourth-order valence-electron chi connectivity index (χ4n) is 3.82. The van der Waals surface area contributed by atoms with Crippen molar-refractivity contribution in [2.75, 3.05) is 20.3 Å². The summed E-state index contributed by atoms with van der Waals surface area (Å²) in [5.74, 6) is 1.81. The Morgan fingerprint density at radius 1 is 1.05 bits per heavy atom. The number of nitrogens with zero attached hydrogens (tertiary/aromatic N) is 1. The number of hydrogen-bond donors (Lipinski definition) is 0. The average Bonchev–Trinajstić information content (AvgIpc) is 2.71. The molecule has 112 valence electrons. The first-order valence-corrected chi connectivity index (χ1v) is 8.14. The van der Waals surface area contributed by atoms with Crippen LogP contribution in [0.5, 0.6) is 11.5 Å². The first kappa shape index (κ1) is 13.2. The van der Waals surface area contributed by atoms with Crippen LogP contribution in [0.25, 0.3) is 5.57 Å². The molecule has 0 amide bonds. The van der Waals surface area contributed by atoms with Crippen LogP contribution >= 0.6 is 0 Å². The van der Waals surface area contributed by atoms with E-state index < -0.39 is 0 Å². The van der Waals surface area contributed by atoms with E-state index in [9.17, 15) is 0 Å². The van der Waals surface area contributed by atoms with E-state index in [1.807, 2.05) is 0 Å². The van der Waals surface area contributed by atoms with E-state index in [1.165, 1.54) is 30.4 Å². The fourth-order valence-corrected chi connectivity index (χ4v) is 3.82. The van der Waals surface area contributed by atoms with Crippen molar-refractivity contribution in [2.24, 2.45) is 0 Å². The maximum atomic E-state index is 5.83. The second kappa shape index (κ2) is 5.38. The van der Waals surface area contributed by atoms with Gasteiger partial charge in [-0.05, 0) is 49.6 Å². The SMILES string of the molecule is CN1C2C=C(c3ccc4c(c3)OCCCO4)CC1CCC2. The van der Waals surface area contributed by atoms with Gasteiger partial charge in [-0.3, -0.25) is 4.90 Å². The maximum Gasteiger partial charge on any atom is 0.161 e. The summed E-state index contributed by atoms with van der Waals surface area (Å²) in [5, 5.41) is 0. The lowest BCUT2D eigenvalue weighted by molar-refractivity contribution is 0.137. The number of rotatable bonds is 1. The van der Waals surface area contributed by atoms with Crippen molar-refractivity contribution in [1.82, 2.24) is 4.90 Å². The molecule has 21 heavy (non-hydrogen) atoms. The van der Waals surface area contributed by atoms with Gasteiger partial charge in [-0.25, -0.2) is 0 Å². The number of hydrogen-bond acceptors (Lipinski definition) is 3. The molecule has 0 saturated carbocycles. The largest absolute Gasteiger partial charge is 0.490 e. The van der Waals surface area contributed by atoms with Crippen LogP contribution in [0.15, 0.2) is 24.3 Å². The van der Waals surface area contributed by atoms with E-state index >= 15 is 0 Å². The first-order chi connectivity index (χ1) is 10.3. The molecule has 1 fully saturated rings. The van der Waals surface area contributed by atoms with E-state index in [2.05, 4.69) is 36.2 Å². The Bertz CT molecular complexity index is 566. The van der Waals surface area contributed by atoms with Crippen molar-refractivity contribution in [3.05, 3.63) is 29.8 Å². The van der Waals surface area contributed by atoms with Gasteiger partial charge in [-0.15, -0.1) is 0 Å². The average molecular weight is 285 g/mol. The van der Waals surface area contributed by atoms with Crippen molar-refractivity contribution >= 4 is 5.57 Å². The lowest BCUT2D eigenvalue weighted by Crippen LogP contribution is -2.45. The van der Waals surface area contributed by atoms with Gasteiger partial charge >= 0.3 is 0 Å². The normalized spacial score (nSPS) is 28.7. The third-order valence-electron chi connectivity index (χ3n) is 5.10. The number of fused-ring (bicyclic) bond motifs is 3. The molecule has 0 radical (unpaired) electrons. The van der Waals surface area contributed by atoms with Gasteiger partial charge in [0.15, 0.2) is 11.5 Å². The molecular weight excluding hydrogens is 262 g/mol. The molecule has 2 atom stereocenters. The van der Waals surface area contributed by atoms with Crippen LogP contribution in [-0.4, -0.2) is 37.2 Å². The Morgan fingerprint density at radius 2 is 1.90 bits per heavy atom. The lowest BCUT2D eigenvalue weighted by atomic mass is 9.83. The summed E-state index contributed by atoms with van der Waals surface area (Å²) in [5.41, 5.74) is 2.79. The highest BCUT2D eigenvalue weighted by Crippen LogP contribution is 2.39. The molecule has 3 nitrogen and oxygen atoms in total. The predicted octanol–water partition coefficient (Wildman–Crippen LogP) is 3.49. The maximum absolute atomic E-state index is 5.83. The first-order valence-electron chi connectivity index (χ1n) is 8.14. The second-order valence-corrected chi connectivity index (χ2v) is 6.43. The highest BCUT2D eigenvalue weighted by molar-refractivity contribution is 5.70. The monoisotopic (exact) mass is 285 g/mol. The standard InChI is InChI=1S/C18H23NO2/c1-19-15-4-2-5-16(19)11-14(10-15)13-6-7-17-18(12-13)21-9-3-8-20-17/h6-7,10,12,15-16H,2-5,8-9,11H2,1H3. The molecule has 1 aromatic carbocycles. The van der Waals surface area contributed by atoms with E-state index in [0.29, 0.717) is 12.1 Å². The zero-order chi connectivity index (χ0) is 14.2. The molecule has 2 bridgehead atoms. The van der Waals surface area contributed by atoms with Gasteiger partial charge in [0.1, 0.15) is 0 Å². The highest BCUT2D eigenvalue weighted by Gasteiger charge is 2.31. The fraction of sp³-hybridized carbons (Fsp3) is 0.556. The summed E-state index contributed by atoms with van der Waals surface area (Å²) in [6.45, 7) is 1.51. The van der Waals surface area contributed by atoms with E-state index in [1.54, 1.807) is 0 Å². The van der Waals surface area contributed by atoms with Gasteiger partial charge in [0.25, 0.3) is 0 Å². The summed E-state index contributed by atoms with van der Waals surface area (Å²) < 4.78 is 11.6. The number of benzene rings is 1. The van der Waals surface area contributed by atoms with Crippen molar-refractivity contribution in [3.8, 4) is 11.5 Å². The van der Waals surface area contributed by atoms with Gasteiger partial charge in [-0.1, -0.05) is 18.6 Å². The molecule has 3 heteroatoms. The molecule has 0 aliphatic carbocycles. The van der Waals surface area contributed by atoms with Gasteiger partial charge in [0.05, 0.1) is 13.2 Å². The molecule has 2 unspecified atom stereocenters. The molecule has 3 aliphatic heterocycles. The van der Waals surface area contributed by atoms with E-state index in [-0.39, 0.29) is 0 Å². The van der Waals surface area contributed by atoms with E-state index in [0.717, 1.165) is 37.6 Å². The Morgan fingerprint density at radius 3 is 2.76 bits per heavy atom. The van der Waals surface area contributed by atoms with Crippen LogP contribution in [0.1, 0.15) is 37.7 Å². The van der Waals surface area contributed by atoms with Crippen molar-refractivity contribution in [3.63, 3.8) is 0 Å². The zero-order valence-corrected chi connectivity index (χ0v) is 12.7. The summed E-state index contributed by atoms with van der Waals surface area (Å²) in [7, 11) is 2.27. The van der Waals surface area contributed by atoms with Gasteiger partial charge in [0, 0.05) is 18.5 Å². The number of ether oxygens (including phenoxy) is 2. The van der Waals surface area contributed by atoms with Gasteiger partial charge in [-0.2, -0.15) is 0 Å². The summed E-state index contributed by atoms with van der Waals surface area (Å²) in [6.07, 6.45) is 8.57. The predicted molar refractivity (Wildman–Crippen MR) is 83.8 cm³/mol. The molecule has 0 N–H and O–H groups in total. The number of piperidine rings is 1. The van der Waals surface area contributed by atoms with E-state index in [4.69, 9.17) is 9.47 Å². The van der Waals surface area contributed by atoms with Crippen LogP contribution in [0.2, 0.25) is 0 Å². The topological polar surface area (TPSA) is 21.7 Å². The Hall–Kier alpha value is -1.48. The molecular formula is C18H23NO2. The van der Waals surface area contributed by atoms with Crippen molar-refractivity contribution in [1.29, 1.82) is 0 Å². The zero-order valence-electron chi connectivity index (χ0n) is 12.7. The van der Waals surface area contributed by atoms with Crippen LogP contribution in [0.4, 0.5) is 0 Å². The summed E-state index contributed by atoms with van der Waals surface area (Å²) in [4.78, 5) is 2.55. The molecule has 3 aliphatic rings. The number of likely N-dealkylation sites (N-methyl/N-ethyl adjacent to an activating group) is 1. The van der Waals surface area contributed by atoms with Crippen LogP contribution in [0.3, 0.4) is 0 Å². The highest BCUT2D eigenvalue weighted by atomic mass is 16.5. The van der Waals surface area contributed by atoms with Crippen molar-refractivity contribution in [2.45, 2.75) is 44.2 Å². The summed E-state index contributed by atoms with van der Waals surface area (Å²) >= 11 is 0. The Kier molecular flexibility index (Phi) is 3.38. The third-order valence-corrected chi connectivity index (χ3v) is 5.10. The summed E-state index contributed by atoms with van der Waals surface area (Å²) in [6, 6.07) is 7.77. The van der Waals surface area contributed by atoms with Crippen LogP contribution < -0.4 is 9.47 Å². The molecule has 0 aromatic heterocycles. The Labute approximate surface area is 126 Å². The lowest BCUT2D eigenvalue weighted by Gasteiger charge is -2.42. The van der Waals surface area contributed by atoms with Gasteiger partial charge < -0.3 is 9.47 Å². The quantitative estimate of drug-likeness (QED) is 0.788. The third kappa shape index (κ3) is 2.44. The minimum Gasteiger partial charge on any atom is -0.490 e. The molecule has 4 rings (SSSR count). The minimum absolute atomic E-state index is 0.614.